The van der Waals surface area contributed by atoms with E-state index in [1.54, 1.807) is 18.2 Å². The van der Waals surface area contributed by atoms with Gasteiger partial charge in [-0.3, -0.25) is 0 Å². The van der Waals surface area contributed by atoms with E-state index in [1.165, 1.54) is 7.11 Å². The SMILES string of the molecule is COc1ccc(Br)c(CC(N)c2c(F)cc(F)cc2F)c1. The Kier molecular flexibility index (Phi) is 4.90. The lowest BCUT2D eigenvalue weighted by Gasteiger charge is -2.16. The van der Waals surface area contributed by atoms with Crippen molar-refractivity contribution in [2.24, 2.45) is 5.73 Å². The highest BCUT2D eigenvalue weighted by molar-refractivity contribution is 9.10. The van der Waals surface area contributed by atoms with Crippen molar-refractivity contribution in [1.82, 2.24) is 0 Å². The molecule has 0 radical (unpaired) electrons. The van der Waals surface area contributed by atoms with Crippen LogP contribution in [-0.2, 0) is 6.42 Å². The maximum absolute atomic E-state index is 13.7. The minimum atomic E-state index is -0.987. The van der Waals surface area contributed by atoms with Crippen molar-refractivity contribution < 1.29 is 17.9 Å². The van der Waals surface area contributed by atoms with Crippen LogP contribution in [0.15, 0.2) is 34.8 Å². The second-order valence-electron chi connectivity index (χ2n) is 4.55. The third-order valence-electron chi connectivity index (χ3n) is 3.11. The van der Waals surface area contributed by atoms with Crippen LogP contribution in [0.1, 0.15) is 17.2 Å². The van der Waals surface area contributed by atoms with E-state index in [9.17, 15) is 13.2 Å². The smallest absolute Gasteiger partial charge is 0.133 e. The summed E-state index contributed by atoms with van der Waals surface area (Å²) in [7, 11) is 1.52. The number of hydrogen-bond donors (Lipinski definition) is 1. The molecule has 6 heteroatoms. The molecule has 0 saturated carbocycles. The quantitative estimate of drug-likeness (QED) is 0.891. The van der Waals surface area contributed by atoms with Crippen LogP contribution in [0.3, 0.4) is 0 Å². The summed E-state index contributed by atoms with van der Waals surface area (Å²) < 4.78 is 46.2. The topological polar surface area (TPSA) is 35.2 Å². The normalized spacial score (nSPS) is 12.3. The second-order valence-corrected chi connectivity index (χ2v) is 5.41. The summed E-state index contributed by atoms with van der Waals surface area (Å²) in [6.45, 7) is 0. The fourth-order valence-electron chi connectivity index (χ4n) is 2.08. The van der Waals surface area contributed by atoms with Gasteiger partial charge in [0.1, 0.15) is 23.2 Å². The highest BCUT2D eigenvalue weighted by Crippen LogP contribution is 2.28. The number of halogens is 4. The monoisotopic (exact) mass is 359 g/mol. The van der Waals surface area contributed by atoms with Gasteiger partial charge < -0.3 is 10.5 Å². The molecule has 0 spiro atoms. The largest absolute Gasteiger partial charge is 0.497 e. The summed E-state index contributed by atoms with van der Waals surface area (Å²) >= 11 is 3.35. The molecule has 2 nitrogen and oxygen atoms in total. The molecule has 1 unspecified atom stereocenters. The molecular weight excluding hydrogens is 347 g/mol. The molecule has 0 saturated heterocycles. The molecule has 21 heavy (non-hydrogen) atoms. The number of ether oxygens (including phenoxy) is 1. The average Bonchev–Trinajstić information content (AvgIpc) is 2.40. The molecule has 0 amide bonds. The van der Waals surface area contributed by atoms with E-state index in [1.807, 2.05) is 0 Å². The van der Waals surface area contributed by atoms with Crippen molar-refractivity contribution >= 4 is 15.9 Å². The van der Waals surface area contributed by atoms with Gasteiger partial charge in [0.2, 0.25) is 0 Å². The molecule has 0 bridgehead atoms. The summed E-state index contributed by atoms with van der Waals surface area (Å²) in [4.78, 5) is 0. The molecule has 2 aromatic carbocycles. The Bertz CT molecular complexity index is 640. The first kappa shape index (κ1) is 15.9. The molecule has 2 aromatic rings. The van der Waals surface area contributed by atoms with E-state index in [2.05, 4.69) is 15.9 Å². The number of hydrogen-bond acceptors (Lipinski definition) is 2. The van der Waals surface area contributed by atoms with Crippen LogP contribution in [0.25, 0.3) is 0 Å². The Labute approximate surface area is 128 Å². The van der Waals surface area contributed by atoms with Gasteiger partial charge in [-0.2, -0.15) is 0 Å². The van der Waals surface area contributed by atoms with Crippen LogP contribution in [0.2, 0.25) is 0 Å². The Balaban J connectivity index is 2.32. The van der Waals surface area contributed by atoms with E-state index in [4.69, 9.17) is 10.5 Å². The number of rotatable bonds is 4. The predicted molar refractivity (Wildman–Crippen MR) is 77.6 cm³/mol. The molecule has 0 aromatic heterocycles. The highest BCUT2D eigenvalue weighted by atomic mass is 79.9. The maximum Gasteiger partial charge on any atom is 0.133 e. The van der Waals surface area contributed by atoms with Crippen molar-refractivity contribution in [3.05, 3.63) is 63.4 Å². The summed E-state index contributed by atoms with van der Waals surface area (Å²) in [5, 5.41) is 0. The minimum Gasteiger partial charge on any atom is -0.497 e. The maximum atomic E-state index is 13.7. The van der Waals surface area contributed by atoms with Crippen LogP contribution >= 0.6 is 15.9 Å². The highest BCUT2D eigenvalue weighted by Gasteiger charge is 2.19. The fourth-order valence-corrected chi connectivity index (χ4v) is 2.49. The molecule has 0 aliphatic rings. The Morgan fingerprint density at radius 2 is 1.76 bits per heavy atom. The number of nitrogens with two attached hydrogens (primary N) is 1. The van der Waals surface area contributed by atoms with Gasteiger partial charge in [0, 0.05) is 28.2 Å². The van der Waals surface area contributed by atoms with Gasteiger partial charge in [0.25, 0.3) is 0 Å². The zero-order chi connectivity index (χ0) is 15.6. The van der Waals surface area contributed by atoms with Gasteiger partial charge in [0.15, 0.2) is 0 Å². The first-order chi connectivity index (χ1) is 9.92. The molecular formula is C15H13BrF3NO. The molecule has 112 valence electrons. The Hall–Kier alpha value is -1.53. The lowest BCUT2D eigenvalue weighted by Crippen LogP contribution is -2.17. The molecule has 0 aliphatic heterocycles. The Morgan fingerprint density at radius 1 is 1.14 bits per heavy atom. The van der Waals surface area contributed by atoms with Crippen molar-refractivity contribution in [2.75, 3.05) is 7.11 Å². The van der Waals surface area contributed by atoms with Gasteiger partial charge in [-0.25, -0.2) is 13.2 Å². The van der Waals surface area contributed by atoms with Gasteiger partial charge in [-0.1, -0.05) is 15.9 Å². The third kappa shape index (κ3) is 3.57. The van der Waals surface area contributed by atoms with Gasteiger partial charge in [-0.15, -0.1) is 0 Å². The minimum absolute atomic E-state index is 0.178. The number of methoxy groups -OCH3 is 1. The fraction of sp³-hybridized carbons (Fsp3) is 0.200. The van der Waals surface area contributed by atoms with E-state index in [0.29, 0.717) is 17.9 Å². The zero-order valence-electron chi connectivity index (χ0n) is 11.2. The van der Waals surface area contributed by atoms with E-state index >= 15 is 0 Å². The van der Waals surface area contributed by atoms with Gasteiger partial charge >= 0.3 is 0 Å². The van der Waals surface area contributed by atoms with Crippen LogP contribution < -0.4 is 10.5 Å². The van der Waals surface area contributed by atoms with E-state index in [0.717, 1.165) is 10.0 Å². The second kappa shape index (κ2) is 6.49. The summed E-state index contributed by atoms with van der Waals surface area (Å²) in [5.74, 6) is -2.33. The molecule has 0 fully saturated rings. The molecule has 2 N–H and O–H groups in total. The third-order valence-corrected chi connectivity index (χ3v) is 3.88. The lowest BCUT2D eigenvalue weighted by atomic mass is 9.98. The van der Waals surface area contributed by atoms with Crippen LogP contribution in [0, 0.1) is 17.5 Å². The molecule has 2 rings (SSSR count). The molecule has 0 heterocycles. The van der Waals surface area contributed by atoms with Crippen LogP contribution in [0.4, 0.5) is 13.2 Å². The van der Waals surface area contributed by atoms with Crippen molar-refractivity contribution in [1.29, 1.82) is 0 Å². The number of benzene rings is 2. The van der Waals surface area contributed by atoms with Crippen molar-refractivity contribution in [2.45, 2.75) is 12.5 Å². The van der Waals surface area contributed by atoms with Crippen LogP contribution in [-0.4, -0.2) is 7.11 Å². The predicted octanol–water partition coefficient (Wildman–Crippen LogP) is 4.12. The molecule has 0 aliphatic carbocycles. The first-order valence-corrected chi connectivity index (χ1v) is 6.94. The summed E-state index contributed by atoms with van der Waals surface area (Å²) in [5.41, 5.74) is 6.29. The van der Waals surface area contributed by atoms with Crippen LogP contribution in [0.5, 0.6) is 5.75 Å². The zero-order valence-corrected chi connectivity index (χ0v) is 12.8. The van der Waals surface area contributed by atoms with Crippen molar-refractivity contribution in [3.63, 3.8) is 0 Å². The van der Waals surface area contributed by atoms with E-state index < -0.39 is 23.5 Å². The average molecular weight is 360 g/mol. The standard InChI is InChI=1S/C15H13BrF3NO/c1-21-10-2-3-11(16)8(4-10)5-14(20)15-12(18)6-9(17)7-13(15)19/h2-4,6-7,14H,5,20H2,1H3. The summed E-state index contributed by atoms with van der Waals surface area (Å²) in [6, 6.07) is 5.55. The lowest BCUT2D eigenvalue weighted by molar-refractivity contribution is 0.414. The van der Waals surface area contributed by atoms with Gasteiger partial charge in [-0.05, 0) is 30.2 Å². The summed E-state index contributed by atoms with van der Waals surface area (Å²) in [6.07, 6.45) is 0.178. The van der Waals surface area contributed by atoms with Gasteiger partial charge in [0.05, 0.1) is 7.11 Å². The van der Waals surface area contributed by atoms with E-state index in [-0.39, 0.29) is 12.0 Å². The first-order valence-electron chi connectivity index (χ1n) is 6.14. The Morgan fingerprint density at radius 3 is 2.33 bits per heavy atom. The van der Waals surface area contributed by atoms with Crippen molar-refractivity contribution in [3.8, 4) is 5.75 Å². The molecule has 1 atom stereocenters.